The van der Waals surface area contributed by atoms with Gasteiger partial charge in [-0.15, -0.1) is 0 Å². The number of carboxylic acid groups (broad SMARTS) is 1. The Morgan fingerprint density at radius 2 is 1.76 bits per heavy atom. The van der Waals surface area contributed by atoms with E-state index >= 15 is 0 Å². The van der Waals surface area contributed by atoms with Crippen molar-refractivity contribution in [3.63, 3.8) is 0 Å². The molecule has 2 aromatic carbocycles. The number of amides is 3. The number of fused-ring (bicyclic) bond motifs is 1. The molecular weight excluding hydrogens is 436 g/mol. The zero-order valence-corrected chi connectivity index (χ0v) is 18.9. The molecule has 9 heteroatoms. The van der Waals surface area contributed by atoms with Crippen LogP contribution in [0.1, 0.15) is 32.7 Å². The summed E-state index contributed by atoms with van der Waals surface area (Å²) in [6.07, 6.45) is -0.502. The first kappa shape index (κ1) is 23.2. The van der Waals surface area contributed by atoms with Gasteiger partial charge in [0.1, 0.15) is 0 Å². The first-order chi connectivity index (χ1) is 16.3. The molecule has 4 rings (SSSR count). The van der Waals surface area contributed by atoms with Crippen molar-refractivity contribution in [1.82, 2.24) is 20.7 Å². The second-order valence-corrected chi connectivity index (χ2v) is 8.54. The van der Waals surface area contributed by atoms with Crippen LogP contribution in [0.15, 0.2) is 48.5 Å². The molecule has 0 bridgehead atoms. The number of carbonyl (C=O) groups excluding carboxylic acids is 2. The number of rotatable bonds is 5. The lowest BCUT2D eigenvalue weighted by Crippen LogP contribution is -2.45. The van der Waals surface area contributed by atoms with Crippen LogP contribution < -0.4 is 10.8 Å². The lowest BCUT2D eigenvalue weighted by Gasteiger charge is -2.18. The largest absolute Gasteiger partial charge is 0.465 e. The molecule has 2 atom stereocenters. The maximum Gasteiger partial charge on any atom is 0.407 e. The molecule has 34 heavy (non-hydrogen) atoms. The maximum absolute atomic E-state index is 12.8. The van der Waals surface area contributed by atoms with E-state index in [9.17, 15) is 19.5 Å². The number of aromatic nitrogens is 1. The minimum Gasteiger partial charge on any atom is -0.465 e. The number of hydroxylamine groups is 1. The average molecular weight is 463 g/mol. The first-order valence-corrected chi connectivity index (χ1v) is 10.9. The van der Waals surface area contributed by atoms with Gasteiger partial charge in [-0.1, -0.05) is 30.3 Å². The van der Waals surface area contributed by atoms with Gasteiger partial charge in [-0.05, 0) is 55.2 Å². The highest BCUT2D eigenvalue weighted by molar-refractivity contribution is 5.95. The predicted molar refractivity (Wildman–Crippen MR) is 125 cm³/mol. The second-order valence-electron chi connectivity index (χ2n) is 8.54. The molecule has 0 saturated carbocycles. The fourth-order valence-electron chi connectivity index (χ4n) is 4.42. The highest BCUT2D eigenvalue weighted by Gasteiger charge is 2.40. The lowest BCUT2D eigenvalue weighted by molar-refractivity contribution is -0.133. The molecule has 9 nitrogen and oxygen atoms in total. The topological polar surface area (TPSA) is 132 Å². The highest BCUT2D eigenvalue weighted by Crippen LogP contribution is 2.25. The molecule has 4 N–H and O–H groups in total. The standard InChI is InChI=1S/C25H26N4O5/c1-14-15(2)26-21-6-4-3-5-18(21)19(14)11-16-7-9-17(10-8-16)23(30)27-22-13-29(25(32)33)12-20(22)24(31)28-34/h3-10,20,22,34H,11-13H2,1-2H3,(H,27,30)(H,28,31)(H,32,33). The third-order valence-corrected chi connectivity index (χ3v) is 6.46. The molecule has 1 fully saturated rings. The van der Waals surface area contributed by atoms with Crippen molar-refractivity contribution in [2.75, 3.05) is 13.1 Å². The fraction of sp³-hybridized carbons (Fsp3) is 0.280. The van der Waals surface area contributed by atoms with E-state index < -0.39 is 29.9 Å². The number of hydrogen-bond donors (Lipinski definition) is 4. The number of aryl methyl sites for hydroxylation is 1. The summed E-state index contributed by atoms with van der Waals surface area (Å²) in [5.41, 5.74) is 7.24. The quantitative estimate of drug-likeness (QED) is 0.341. The zero-order valence-electron chi connectivity index (χ0n) is 18.9. The summed E-state index contributed by atoms with van der Waals surface area (Å²) < 4.78 is 0. The number of benzene rings is 2. The van der Waals surface area contributed by atoms with Gasteiger partial charge in [-0.25, -0.2) is 10.3 Å². The summed E-state index contributed by atoms with van der Waals surface area (Å²) in [5.74, 6) is -2.03. The van der Waals surface area contributed by atoms with Crippen molar-refractivity contribution in [3.8, 4) is 0 Å². The molecule has 3 aromatic rings. The van der Waals surface area contributed by atoms with E-state index in [1.807, 2.05) is 37.3 Å². The van der Waals surface area contributed by atoms with Crippen LogP contribution >= 0.6 is 0 Å². The van der Waals surface area contributed by atoms with E-state index in [0.717, 1.165) is 32.6 Å². The molecule has 1 aromatic heterocycles. The zero-order chi connectivity index (χ0) is 24.4. The summed E-state index contributed by atoms with van der Waals surface area (Å²) in [6.45, 7) is 3.92. The van der Waals surface area contributed by atoms with Crippen LogP contribution in [0.5, 0.6) is 0 Å². The van der Waals surface area contributed by atoms with E-state index in [0.29, 0.717) is 12.0 Å². The Morgan fingerprint density at radius 1 is 1.06 bits per heavy atom. The summed E-state index contributed by atoms with van der Waals surface area (Å²) in [7, 11) is 0. The van der Waals surface area contributed by atoms with Crippen molar-refractivity contribution < 1.29 is 24.7 Å². The summed E-state index contributed by atoms with van der Waals surface area (Å²) in [6, 6.07) is 14.5. The second kappa shape index (κ2) is 9.48. The molecule has 3 amide bonds. The Bertz CT molecular complexity index is 1260. The number of likely N-dealkylation sites (tertiary alicyclic amines) is 1. The molecule has 176 valence electrons. The van der Waals surface area contributed by atoms with E-state index in [4.69, 9.17) is 5.21 Å². The third kappa shape index (κ3) is 4.55. The monoisotopic (exact) mass is 462 g/mol. The summed E-state index contributed by atoms with van der Waals surface area (Å²) >= 11 is 0. The molecule has 1 aliphatic heterocycles. The molecule has 1 saturated heterocycles. The van der Waals surface area contributed by atoms with Gasteiger partial charge in [0.25, 0.3) is 5.91 Å². The van der Waals surface area contributed by atoms with Crippen LogP contribution in [0.2, 0.25) is 0 Å². The first-order valence-electron chi connectivity index (χ1n) is 10.9. The van der Waals surface area contributed by atoms with Crippen LogP contribution in [-0.2, 0) is 11.2 Å². The van der Waals surface area contributed by atoms with E-state index in [1.165, 1.54) is 5.56 Å². The number of para-hydroxylation sites is 1. The molecule has 2 unspecified atom stereocenters. The predicted octanol–water partition coefficient (Wildman–Crippen LogP) is 2.66. The summed E-state index contributed by atoms with van der Waals surface area (Å²) in [5, 5.41) is 22.0. The van der Waals surface area contributed by atoms with Crippen molar-refractivity contribution >= 4 is 28.8 Å². The average Bonchev–Trinajstić information content (AvgIpc) is 3.26. The van der Waals surface area contributed by atoms with E-state index in [2.05, 4.69) is 23.3 Å². The van der Waals surface area contributed by atoms with Crippen LogP contribution in [-0.4, -0.2) is 57.2 Å². The third-order valence-electron chi connectivity index (χ3n) is 6.46. The van der Waals surface area contributed by atoms with Gasteiger partial charge in [-0.3, -0.25) is 19.8 Å². The molecular formula is C25H26N4O5. The molecule has 2 heterocycles. The lowest BCUT2D eigenvalue weighted by atomic mass is 9.95. The Hall–Kier alpha value is -3.98. The maximum atomic E-state index is 12.8. The van der Waals surface area contributed by atoms with Crippen LogP contribution in [0, 0.1) is 19.8 Å². The Labute approximate surface area is 196 Å². The number of nitrogens with zero attached hydrogens (tertiary/aromatic N) is 2. The van der Waals surface area contributed by atoms with Gasteiger partial charge in [0.05, 0.1) is 17.5 Å². The van der Waals surface area contributed by atoms with Crippen molar-refractivity contribution in [3.05, 3.63) is 76.5 Å². The van der Waals surface area contributed by atoms with Crippen molar-refractivity contribution in [1.29, 1.82) is 0 Å². The number of carbonyl (C=O) groups is 3. The number of pyridine rings is 1. The van der Waals surface area contributed by atoms with Gasteiger partial charge < -0.3 is 15.3 Å². The normalized spacial score (nSPS) is 17.6. The number of hydrogen-bond acceptors (Lipinski definition) is 5. The van der Waals surface area contributed by atoms with Crippen molar-refractivity contribution in [2.24, 2.45) is 5.92 Å². The van der Waals surface area contributed by atoms with Crippen LogP contribution in [0.4, 0.5) is 4.79 Å². The van der Waals surface area contributed by atoms with E-state index in [-0.39, 0.29) is 13.1 Å². The van der Waals surface area contributed by atoms with Crippen LogP contribution in [0.3, 0.4) is 0 Å². The molecule has 0 spiro atoms. The number of nitrogens with one attached hydrogen (secondary N) is 2. The molecule has 0 radical (unpaired) electrons. The van der Waals surface area contributed by atoms with Gasteiger partial charge in [0, 0.05) is 29.7 Å². The Morgan fingerprint density at radius 3 is 2.44 bits per heavy atom. The van der Waals surface area contributed by atoms with E-state index in [1.54, 1.807) is 17.6 Å². The van der Waals surface area contributed by atoms with Gasteiger partial charge in [-0.2, -0.15) is 0 Å². The minimum absolute atomic E-state index is 0.0367. The van der Waals surface area contributed by atoms with Crippen LogP contribution in [0.25, 0.3) is 10.9 Å². The van der Waals surface area contributed by atoms with Gasteiger partial charge in [0.15, 0.2) is 0 Å². The molecule has 0 aliphatic carbocycles. The Balaban J connectivity index is 1.51. The van der Waals surface area contributed by atoms with Crippen molar-refractivity contribution in [2.45, 2.75) is 26.3 Å². The van der Waals surface area contributed by atoms with Gasteiger partial charge >= 0.3 is 6.09 Å². The summed E-state index contributed by atoms with van der Waals surface area (Å²) in [4.78, 5) is 41.7. The SMILES string of the molecule is Cc1nc2ccccc2c(Cc2ccc(C(=O)NC3CN(C(=O)O)CC3C(=O)NO)cc2)c1C. The van der Waals surface area contributed by atoms with Gasteiger partial charge in [0.2, 0.25) is 5.91 Å². The highest BCUT2D eigenvalue weighted by atomic mass is 16.5. The fourth-order valence-corrected chi connectivity index (χ4v) is 4.42. The molecule has 1 aliphatic rings. The Kier molecular flexibility index (Phi) is 6.47. The minimum atomic E-state index is -1.19. The smallest absolute Gasteiger partial charge is 0.407 e.